The lowest BCUT2D eigenvalue weighted by Crippen LogP contribution is -2.41. The van der Waals surface area contributed by atoms with Crippen molar-refractivity contribution >= 4 is 12.0 Å². The minimum Gasteiger partial charge on any atom is -0.444 e. The maximum Gasteiger partial charge on any atom is 0.410 e. The number of aromatic nitrogens is 3. The first-order valence-corrected chi connectivity index (χ1v) is 7.46. The molecule has 0 unspecified atom stereocenters. The van der Waals surface area contributed by atoms with Gasteiger partial charge in [-0.05, 0) is 46.0 Å². The zero-order valence-electron chi connectivity index (χ0n) is 13.1. The molecule has 0 aliphatic carbocycles. The van der Waals surface area contributed by atoms with Crippen molar-refractivity contribution in [1.82, 2.24) is 19.7 Å². The van der Waals surface area contributed by atoms with E-state index < -0.39 is 5.60 Å². The van der Waals surface area contributed by atoms with Crippen LogP contribution in [-0.2, 0) is 11.3 Å². The van der Waals surface area contributed by atoms with Crippen molar-refractivity contribution in [3.63, 3.8) is 0 Å². The van der Waals surface area contributed by atoms with Crippen LogP contribution in [0.2, 0.25) is 0 Å². The van der Waals surface area contributed by atoms with E-state index in [9.17, 15) is 4.79 Å². The molecule has 1 aromatic heterocycles. The molecule has 1 aromatic rings. The highest BCUT2D eigenvalue weighted by molar-refractivity contribution is 5.68. The molecule has 1 fully saturated rings. The summed E-state index contributed by atoms with van der Waals surface area (Å²) in [6.45, 7) is 8.02. The van der Waals surface area contributed by atoms with Crippen molar-refractivity contribution in [2.24, 2.45) is 5.92 Å². The normalized spacial score (nSPS) is 17.0. The van der Waals surface area contributed by atoms with Crippen LogP contribution in [0.25, 0.3) is 0 Å². The number of ether oxygens (including phenoxy) is 1. The van der Waals surface area contributed by atoms with Crippen LogP contribution in [-0.4, -0.2) is 44.4 Å². The van der Waals surface area contributed by atoms with Gasteiger partial charge in [0.25, 0.3) is 0 Å². The van der Waals surface area contributed by atoms with Crippen molar-refractivity contribution in [3.8, 4) is 0 Å². The molecular formula is C14H25N5O2. The van der Waals surface area contributed by atoms with Gasteiger partial charge in [0, 0.05) is 19.6 Å². The van der Waals surface area contributed by atoms with Crippen molar-refractivity contribution in [2.45, 2.75) is 52.2 Å². The molecule has 2 rings (SSSR count). The van der Waals surface area contributed by atoms with Gasteiger partial charge in [0.1, 0.15) is 11.9 Å². The van der Waals surface area contributed by atoms with Gasteiger partial charge in [-0.25, -0.2) is 9.78 Å². The fourth-order valence-corrected chi connectivity index (χ4v) is 2.46. The molecule has 0 radical (unpaired) electrons. The van der Waals surface area contributed by atoms with E-state index in [2.05, 4.69) is 10.1 Å². The quantitative estimate of drug-likeness (QED) is 0.920. The maximum atomic E-state index is 12.0. The smallest absolute Gasteiger partial charge is 0.410 e. The van der Waals surface area contributed by atoms with Gasteiger partial charge in [0.2, 0.25) is 5.95 Å². The second kappa shape index (κ2) is 6.32. The van der Waals surface area contributed by atoms with Gasteiger partial charge < -0.3 is 15.4 Å². The third kappa shape index (κ3) is 4.91. The maximum absolute atomic E-state index is 12.0. The highest BCUT2D eigenvalue weighted by atomic mass is 16.6. The molecule has 1 saturated heterocycles. The highest BCUT2D eigenvalue weighted by Gasteiger charge is 2.26. The molecule has 118 valence electrons. The Balaban J connectivity index is 1.72. The third-order valence-corrected chi connectivity index (χ3v) is 3.59. The molecule has 0 saturated carbocycles. The summed E-state index contributed by atoms with van der Waals surface area (Å²) in [5.74, 6) is 0.920. The van der Waals surface area contributed by atoms with Crippen LogP contribution < -0.4 is 5.73 Å². The van der Waals surface area contributed by atoms with Crippen LogP contribution in [0.4, 0.5) is 10.7 Å². The lowest BCUT2D eigenvalue weighted by Gasteiger charge is -2.33. The van der Waals surface area contributed by atoms with E-state index in [4.69, 9.17) is 10.5 Å². The summed E-state index contributed by atoms with van der Waals surface area (Å²) in [6.07, 6.45) is 4.49. The molecule has 7 heteroatoms. The Morgan fingerprint density at radius 1 is 1.43 bits per heavy atom. The fraction of sp³-hybridized carbons (Fsp3) is 0.786. The number of hydrogen-bond donors (Lipinski definition) is 1. The number of nitrogens with zero attached hydrogens (tertiary/aromatic N) is 4. The second-order valence-corrected chi connectivity index (χ2v) is 6.57. The van der Waals surface area contributed by atoms with Crippen LogP contribution in [0.15, 0.2) is 6.33 Å². The van der Waals surface area contributed by atoms with Crippen molar-refractivity contribution < 1.29 is 9.53 Å². The Hall–Kier alpha value is -1.79. The molecule has 7 nitrogen and oxygen atoms in total. The molecule has 21 heavy (non-hydrogen) atoms. The number of carbonyl (C=O) groups excluding carboxylic acids is 1. The largest absolute Gasteiger partial charge is 0.444 e. The molecule has 0 spiro atoms. The molecule has 0 atom stereocenters. The Morgan fingerprint density at radius 3 is 2.62 bits per heavy atom. The minimum absolute atomic E-state index is 0.204. The van der Waals surface area contributed by atoms with E-state index >= 15 is 0 Å². The summed E-state index contributed by atoms with van der Waals surface area (Å²) in [5.41, 5.74) is 5.06. The molecule has 0 aromatic carbocycles. The molecule has 1 aliphatic rings. The van der Waals surface area contributed by atoms with E-state index in [1.54, 1.807) is 15.9 Å². The SMILES string of the molecule is CC(C)(C)OC(=O)N1CCC(CCn2cnc(N)n2)CC1. The van der Waals surface area contributed by atoms with Gasteiger partial charge in [0.05, 0.1) is 0 Å². The predicted octanol–water partition coefficient (Wildman–Crippen LogP) is 1.90. The van der Waals surface area contributed by atoms with E-state index in [1.807, 2.05) is 20.8 Å². The number of anilines is 1. The second-order valence-electron chi connectivity index (χ2n) is 6.57. The van der Waals surface area contributed by atoms with Gasteiger partial charge in [-0.15, -0.1) is 5.10 Å². The van der Waals surface area contributed by atoms with Gasteiger partial charge in [-0.3, -0.25) is 4.68 Å². The first-order valence-electron chi connectivity index (χ1n) is 7.46. The van der Waals surface area contributed by atoms with Crippen LogP contribution >= 0.6 is 0 Å². The Labute approximate surface area is 125 Å². The number of carbonyl (C=O) groups is 1. The Morgan fingerprint density at radius 2 is 2.10 bits per heavy atom. The lowest BCUT2D eigenvalue weighted by molar-refractivity contribution is 0.0179. The van der Waals surface area contributed by atoms with Crippen LogP contribution in [0.3, 0.4) is 0 Å². The number of likely N-dealkylation sites (tertiary alicyclic amines) is 1. The van der Waals surface area contributed by atoms with Crippen LogP contribution in [0.5, 0.6) is 0 Å². The van der Waals surface area contributed by atoms with E-state index in [0.717, 1.165) is 38.9 Å². The summed E-state index contributed by atoms with van der Waals surface area (Å²) in [4.78, 5) is 17.7. The van der Waals surface area contributed by atoms with Crippen LogP contribution in [0.1, 0.15) is 40.0 Å². The number of hydrogen-bond acceptors (Lipinski definition) is 5. The predicted molar refractivity (Wildman–Crippen MR) is 79.6 cm³/mol. The fourth-order valence-electron chi connectivity index (χ4n) is 2.46. The number of nitrogens with two attached hydrogens (primary N) is 1. The highest BCUT2D eigenvalue weighted by Crippen LogP contribution is 2.22. The zero-order chi connectivity index (χ0) is 15.5. The summed E-state index contributed by atoms with van der Waals surface area (Å²) in [6, 6.07) is 0. The molecule has 1 amide bonds. The molecule has 1 aliphatic heterocycles. The van der Waals surface area contributed by atoms with Crippen molar-refractivity contribution in [3.05, 3.63) is 6.33 Å². The standard InChI is InChI=1S/C14H25N5O2/c1-14(2,3)21-13(20)18-7-4-11(5-8-18)6-9-19-10-16-12(15)17-19/h10-11H,4-9H2,1-3H3,(H2,15,17). The Kier molecular flexibility index (Phi) is 4.69. The molecule has 2 N–H and O–H groups in total. The average Bonchev–Trinajstić information content (AvgIpc) is 2.81. The third-order valence-electron chi connectivity index (χ3n) is 3.59. The van der Waals surface area contributed by atoms with Gasteiger partial charge in [0.15, 0.2) is 0 Å². The van der Waals surface area contributed by atoms with Gasteiger partial charge in [-0.2, -0.15) is 0 Å². The van der Waals surface area contributed by atoms with Crippen molar-refractivity contribution in [1.29, 1.82) is 0 Å². The minimum atomic E-state index is -0.430. The Bertz CT molecular complexity index is 472. The van der Waals surface area contributed by atoms with Crippen molar-refractivity contribution in [2.75, 3.05) is 18.8 Å². The first-order chi connectivity index (χ1) is 9.83. The lowest BCUT2D eigenvalue weighted by atomic mass is 9.94. The summed E-state index contributed by atoms with van der Waals surface area (Å²) < 4.78 is 7.17. The first kappa shape index (κ1) is 15.6. The summed E-state index contributed by atoms with van der Waals surface area (Å²) in [7, 11) is 0. The molecule has 0 bridgehead atoms. The van der Waals surface area contributed by atoms with Gasteiger partial charge >= 0.3 is 6.09 Å². The summed E-state index contributed by atoms with van der Waals surface area (Å²) >= 11 is 0. The number of amides is 1. The number of aryl methyl sites for hydroxylation is 1. The topological polar surface area (TPSA) is 86.3 Å². The molecule has 2 heterocycles. The van der Waals surface area contributed by atoms with Gasteiger partial charge in [-0.1, -0.05) is 0 Å². The zero-order valence-corrected chi connectivity index (χ0v) is 13.1. The molecular weight excluding hydrogens is 270 g/mol. The van der Waals surface area contributed by atoms with E-state index in [1.165, 1.54) is 0 Å². The van der Waals surface area contributed by atoms with Crippen LogP contribution in [0, 0.1) is 5.92 Å². The number of piperidine rings is 1. The monoisotopic (exact) mass is 295 g/mol. The van der Waals surface area contributed by atoms with E-state index in [0.29, 0.717) is 11.9 Å². The van der Waals surface area contributed by atoms with E-state index in [-0.39, 0.29) is 6.09 Å². The number of rotatable bonds is 3. The average molecular weight is 295 g/mol. The summed E-state index contributed by atoms with van der Waals surface area (Å²) in [5, 5.41) is 4.08. The number of nitrogen functional groups attached to an aromatic ring is 1.